The zero-order chi connectivity index (χ0) is 16.8. The van der Waals surface area contributed by atoms with Gasteiger partial charge in [0, 0.05) is 18.8 Å². The molecular formula is C19H18N2O3. The maximum absolute atomic E-state index is 12.9. The molecule has 0 spiro atoms. The van der Waals surface area contributed by atoms with E-state index in [1.54, 1.807) is 30.4 Å². The predicted molar refractivity (Wildman–Crippen MR) is 89.5 cm³/mol. The SMILES string of the molecule is COc1ccc(C(=O)N(Cc2ccccc2)Cc2ccco2)cn1. The highest BCUT2D eigenvalue weighted by atomic mass is 16.5. The Morgan fingerprint density at radius 1 is 1.08 bits per heavy atom. The van der Waals surface area contributed by atoms with Crippen molar-refractivity contribution in [2.24, 2.45) is 0 Å². The molecule has 0 saturated carbocycles. The summed E-state index contributed by atoms with van der Waals surface area (Å²) in [6.07, 6.45) is 3.14. The van der Waals surface area contributed by atoms with E-state index in [0.29, 0.717) is 24.5 Å². The molecule has 1 amide bonds. The Morgan fingerprint density at radius 3 is 2.54 bits per heavy atom. The molecule has 0 saturated heterocycles. The van der Waals surface area contributed by atoms with E-state index in [1.165, 1.54) is 6.20 Å². The summed E-state index contributed by atoms with van der Waals surface area (Å²) in [6, 6.07) is 16.9. The van der Waals surface area contributed by atoms with Crippen LogP contribution in [0, 0.1) is 0 Å². The molecule has 0 radical (unpaired) electrons. The van der Waals surface area contributed by atoms with E-state index < -0.39 is 0 Å². The lowest BCUT2D eigenvalue weighted by Gasteiger charge is -2.22. The van der Waals surface area contributed by atoms with Gasteiger partial charge < -0.3 is 14.1 Å². The van der Waals surface area contributed by atoms with E-state index in [9.17, 15) is 4.79 Å². The Balaban J connectivity index is 1.83. The summed E-state index contributed by atoms with van der Waals surface area (Å²) in [4.78, 5) is 18.7. The quantitative estimate of drug-likeness (QED) is 0.697. The normalized spacial score (nSPS) is 10.4. The number of benzene rings is 1. The van der Waals surface area contributed by atoms with Crippen LogP contribution in [0.15, 0.2) is 71.5 Å². The number of pyridine rings is 1. The Bertz CT molecular complexity index is 768. The first-order chi connectivity index (χ1) is 11.8. The molecule has 0 atom stereocenters. The number of nitrogens with zero attached hydrogens (tertiary/aromatic N) is 2. The summed E-state index contributed by atoms with van der Waals surface area (Å²) < 4.78 is 10.4. The average Bonchev–Trinajstić information content (AvgIpc) is 3.15. The van der Waals surface area contributed by atoms with E-state index in [1.807, 2.05) is 42.5 Å². The molecule has 0 bridgehead atoms. The van der Waals surface area contributed by atoms with E-state index in [2.05, 4.69) is 4.98 Å². The van der Waals surface area contributed by atoms with Gasteiger partial charge >= 0.3 is 0 Å². The van der Waals surface area contributed by atoms with Crippen molar-refractivity contribution in [1.82, 2.24) is 9.88 Å². The number of amides is 1. The maximum atomic E-state index is 12.9. The van der Waals surface area contributed by atoms with E-state index in [-0.39, 0.29) is 5.91 Å². The Hall–Kier alpha value is -3.08. The molecule has 1 aromatic carbocycles. The Morgan fingerprint density at radius 2 is 1.92 bits per heavy atom. The summed E-state index contributed by atoms with van der Waals surface area (Å²) in [5, 5.41) is 0. The minimum atomic E-state index is -0.106. The standard InChI is InChI=1S/C19H18N2O3/c1-23-18-10-9-16(12-20-18)19(22)21(14-17-8-5-11-24-17)13-15-6-3-2-4-7-15/h2-12H,13-14H2,1H3. The highest BCUT2D eigenvalue weighted by Crippen LogP contribution is 2.15. The van der Waals surface area contributed by atoms with Gasteiger partial charge in [0.1, 0.15) is 5.76 Å². The van der Waals surface area contributed by atoms with Gasteiger partial charge in [-0.2, -0.15) is 0 Å². The fourth-order valence-corrected chi connectivity index (χ4v) is 2.40. The fraction of sp³-hybridized carbons (Fsp3) is 0.158. The van der Waals surface area contributed by atoms with Crippen LogP contribution in [0.25, 0.3) is 0 Å². The van der Waals surface area contributed by atoms with E-state index in [4.69, 9.17) is 9.15 Å². The molecule has 0 unspecified atom stereocenters. The summed E-state index contributed by atoms with van der Waals surface area (Å²) in [6.45, 7) is 0.888. The van der Waals surface area contributed by atoms with Crippen LogP contribution in [-0.2, 0) is 13.1 Å². The zero-order valence-corrected chi connectivity index (χ0v) is 13.4. The van der Waals surface area contributed by atoms with Crippen molar-refractivity contribution in [3.63, 3.8) is 0 Å². The lowest BCUT2D eigenvalue weighted by atomic mass is 10.2. The minimum absolute atomic E-state index is 0.106. The van der Waals surface area contributed by atoms with E-state index in [0.717, 1.165) is 11.3 Å². The van der Waals surface area contributed by atoms with Crippen LogP contribution in [0.3, 0.4) is 0 Å². The second-order valence-electron chi connectivity index (χ2n) is 5.32. The van der Waals surface area contributed by atoms with Crippen molar-refractivity contribution in [3.8, 4) is 5.88 Å². The first-order valence-electron chi connectivity index (χ1n) is 7.62. The highest BCUT2D eigenvalue weighted by Gasteiger charge is 2.18. The van der Waals surface area contributed by atoms with Crippen LogP contribution in [0.1, 0.15) is 21.7 Å². The van der Waals surface area contributed by atoms with Gasteiger partial charge in [0.2, 0.25) is 5.88 Å². The molecular weight excluding hydrogens is 304 g/mol. The molecule has 0 fully saturated rings. The maximum Gasteiger partial charge on any atom is 0.256 e. The molecule has 0 N–H and O–H groups in total. The summed E-state index contributed by atoms with van der Waals surface area (Å²) in [5.74, 6) is 1.11. The third kappa shape index (κ3) is 3.81. The van der Waals surface area contributed by atoms with Crippen LogP contribution in [0.2, 0.25) is 0 Å². The number of ether oxygens (including phenoxy) is 1. The number of methoxy groups -OCH3 is 1. The summed E-state index contributed by atoms with van der Waals surface area (Å²) in [7, 11) is 1.54. The van der Waals surface area contributed by atoms with Crippen molar-refractivity contribution in [3.05, 3.63) is 83.9 Å². The third-order valence-corrected chi connectivity index (χ3v) is 3.62. The van der Waals surface area contributed by atoms with E-state index >= 15 is 0 Å². The molecule has 3 rings (SSSR count). The molecule has 5 heteroatoms. The molecule has 3 aromatic rings. The average molecular weight is 322 g/mol. The molecule has 5 nitrogen and oxygen atoms in total. The number of carbonyl (C=O) groups is 1. The molecule has 24 heavy (non-hydrogen) atoms. The summed E-state index contributed by atoms with van der Waals surface area (Å²) >= 11 is 0. The second kappa shape index (κ2) is 7.46. The van der Waals surface area contributed by atoms with Gasteiger partial charge in [-0.1, -0.05) is 30.3 Å². The van der Waals surface area contributed by atoms with Gasteiger partial charge in [-0.05, 0) is 23.8 Å². The monoisotopic (exact) mass is 322 g/mol. The topological polar surface area (TPSA) is 55.6 Å². The highest BCUT2D eigenvalue weighted by molar-refractivity contribution is 5.93. The number of rotatable bonds is 6. The lowest BCUT2D eigenvalue weighted by molar-refractivity contribution is 0.0717. The van der Waals surface area contributed by atoms with Gasteiger partial charge in [-0.15, -0.1) is 0 Å². The molecule has 122 valence electrons. The number of hydrogen-bond donors (Lipinski definition) is 0. The first kappa shape index (κ1) is 15.8. The van der Waals surface area contributed by atoms with Crippen LogP contribution >= 0.6 is 0 Å². The molecule has 0 aliphatic carbocycles. The fourth-order valence-electron chi connectivity index (χ4n) is 2.40. The van der Waals surface area contributed by atoms with Gasteiger partial charge in [0.05, 0.1) is 25.5 Å². The summed E-state index contributed by atoms with van der Waals surface area (Å²) in [5.41, 5.74) is 1.57. The smallest absolute Gasteiger partial charge is 0.256 e. The van der Waals surface area contributed by atoms with Crippen LogP contribution in [0.5, 0.6) is 5.88 Å². The molecule has 2 aromatic heterocycles. The number of carbonyl (C=O) groups excluding carboxylic acids is 1. The van der Waals surface area contributed by atoms with Crippen molar-refractivity contribution >= 4 is 5.91 Å². The molecule has 2 heterocycles. The Kier molecular flexibility index (Phi) is 4.91. The molecule has 0 aliphatic rings. The molecule has 0 aliphatic heterocycles. The van der Waals surface area contributed by atoms with Crippen LogP contribution in [-0.4, -0.2) is 22.9 Å². The van der Waals surface area contributed by atoms with Gasteiger partial charge in [0.15, 0.2) is 0 Å². The van der Waals surface area contributed by atoms with Crippen molar-refractivity contribution in [1.29, 1.82) is 0 Å². The third-order valence-electron chi connectivity index (χ3n) is 3.62. The van der Waals surface area contributed by atoms with Crippen LogP contribution < -0.4 is 4.74 Å². The number of hydrogen-bond acceptors (Lipinski definition) is 4. The second-order valence-corrected chi connectivity index (χ2v) is 5.32. The number of aromatic nitrogens is 1. The van der Waals surface area contributed by atoms with Gasteiger partial charge in [-0.25, -0.2) is 4.98 Å². The first-order valence-corrected chi connectivity index (χ1v) is 7.62. The van der Waals surface area contributed by atoms with Crippen molar-refractivity contribution in [2.45, 2.75) is 13.1 Å². The lowest BCUT2D eigenvalue weighted by Crippen LogP contribution is -2.30. The Labute approximate surface area is 140 Å². The van der Waals surface area contributed by atoms with Crippen molar-refractivity contribution < 1.29 is 13.9 Å². The minimum Gasteiger partial charge on any atom is -0.481 e. The van der Waals surface area contributed by atoms with Crippen LogP contribution in [0.4, 0.5) is 0 Å². The van der Waals surface area contributed by atoms with Gasteiger partial charge in [0.25, 0.3) is 5.91 Å². The van der Waals surface area contributed by atoms with Crippen molar-refractivity contribution in [2.75, 3.05) is 7.11 Å². The zero-order valence-electron chi connectivity index (χ0n) is 13.4. The largest absolute Gasteiger partial charge is 0.481 e. The van der Waals surface area contributed by atoms with Gasteiger partial charge in [-0.3, -0.25) is 4.79 Å². The predicted octanol–water partition coefficient (Wildman–Crippen LogP) is 3.53. The number of furan rings is 1.